The lowest BCUT2D eigenvalue weighted by Gasteiger charge is -2.25. The Bertz CT molecular complexity index is 473. The Hall–Kier alpha value is -1.23. The molecule has 1 amide bonds. The average molecular weight is 293 g/mol. The molecule has 1 saturated heterocycles. The summed E-state index contributed by atoms with van der Waals surface area (Å²) in [5, 5.41) is 4.18. The first-order chi connectivity index (χ1) is 9.74. The fraction of sp³-hybridized carbons (Fsp3) is 0.667. The van der Waals surface area contributed by atoms with E-state index in [1.807, 2.05) is 6.07 Å². The first-order valence-corrected chi connectivity index (χ1v) is 8.51. The number of nitrogens with zero attached hydrogens (tertiary/aromatic N) is 1. The third-order valence-electron chi connectivity index (χ3n) is 4.03. The summed E-state index contributed by atoms with van der Waals surface area (Å²) >= 11 is 1.55. The van der Waals surface area contributed by atoms with Gasteiger partial charge in [-0.15, -0.1) is 11.3 Å². The Morgan fingerprint density at radius 2 is 1.85 bits per heavy atom. The van der Waals surface area contributed by atoms with E-state index in [9.17, 15) is 4.79 Å². The molecule has 1 aromatic heterocycles. The van der Waals surface area contributed by atoms with Crippen LogP contribution >= 0.6 is 11.3 Å². The Morgan fingerprint density at radius 1 is 1.20 bits per heavy atom. The van der Waals surface area contributed by atoms with Crippen molar-refractivity contribution in [3.8, 4) is 0 Å². The maximum atomic E-state index is 12.1. The van der Waals surface area contributed by atoms with Gasteiger partial charge in [0.05, 0.1) is 10.7 Å². The first-order valence-electron chi connectivity index (χ1n) is 7.69. The molecule has 0 radical (unpaired) electrons. The molecule has 1 aliphatic heterocycles. The molecule has 0 aromatic carbocycles. The highest BCUT2D eigenvalue weighted by Crippen LogP contribution is 2.34. The van der Waals surface area contributed by atoms with Gasteiger partial charge in [-0.3, -0.25) is 4.79 Å². The molecule has 2 fully saturated rings. The maximum absolute atomic E-state index is 12.1. The zero-order chi connectivity index (χ0) is 13.9. The van der Waals surface area contributed by atoms with Crippen molar-refractivity contribution in [3.63, 3.8) is 0 Å². The molecule has 0 bridgehead atoms. The molecule has 3 N–H and O–H groups in total. The third kappa shape index (κ3) is 3.26. The summed E-state index contributed by atoms with van der Waals surface area (Å²) in [6.45, 7) is 2.17. The van der Waals surface area contributed by atoms with Gasteiger partial charge in [-0.2, -0.15) is 0 Å². The lowest BCUT2D eigenvalue weighted by molar-refractivity contribution is 0.0956. The van der Waals surface area contributed by atoms with Crippen molar-refractivity contribution >= 4 is 27.9 Å². The van der Waals surface area contributed by atoms with Crippen LogP contribution in [-0.2, 0) is 0 Å². The average Bonchev–Trinajstić information content (AvgIpc) is 3.10. The Labute approximate surface area is 124 Å². The predicted octanol–water partition coefficient (Wildman–Crippen LogP) is 2.99. The standard InChI is InChI=1S/C15H23N3OS/c16-12-10-13(18-8-4-2-1-3-5-9-18)20-14(12)15(19)17-11-6-7-11/h10-11H,1-9,16H2,(H,17,19). The number of hydrogen-bond acceptors (Lipinski definition) is 4. The fourth-order valence-corrected chi connectivity index (χ4v) is 3.71. The molecule has 4 nitrogen and oxygen atoms in total. The molecule has 0 spiro atoms. The van der Waals surface area contributed by atoms with E-state index in [2.05, 4.69) is 10.2 Å². The van der Waals surface area contributed by atoms with Crippen LogP contribution in [0, 0.1) is 0 Å². The number of amides is 1. The van der Waals surface area contributed by atoms with Crippen LogP contribution in [0.2, 0.25) is 0 Å². The van der Waals surface area contributed by atoms with Gasteiger partial charge in [-0.05, 0) is 31.7 Å². The highest BCUT2D eigenvalue weighted by molar-refractivity contribution is 7.18. The Balaban J connectivity index is 1.70. The fourth-order valence-electron chi connectivity index (χ4n) is 2.67. The number of thiophene rings is 1. The van der Waals surface area contributed by atoms with Crippen molar-refractivity contribution in [1.29, 1.82) is 0 Å². The summed E-state index contributed by atoms with van der Waals surface area (Å²) in [6, 6.07) is 2.36. The number of hydrogen-bond donors (Lipinski definition) is 2. The second-order valence-corrected chi connectivity index (χ2v) is 6.90. The van der Waals surface area contributed by atoms with Crippen molar-refractivity contribution < 1.29 is 4.79 Å². The number of nitrogen functional groups attached to an aromatic ring is 1. The highest BCUT2D eigenvalue weighted by atomic mass is 32.1. The van der Waals surface area contributed by atoms with Crippen LogP contribution in [0.15, 0.2) is 6.07 Å². The van der Waals surface area contributed by atoms with Crippen molar-refractivity contribution in [2.75, 3.05) is 23.7 Å². The van der Waals surface area contributed by atoms with E-state index in [1.54, 1.807) is 11.3 Å². The molecule has 110 valence electrons. The van der Waals surface area contributed by atoms with E-state index < -0.39 is 0 Å². The minimum Gasteiger partial charge on any atom is -0.397 e. The van der Waals surface area contributed by atoms with E-state index >= 15 is 0 Å². The number of carbonyl (C=O) groups is 1. The SMILES string of the molecule is Nc1cc(N2CCCCCCC2)sc1C(=O)NC1CC1. The zero-order valence-corrected chi connectivity index (χ0v) is 12.7. The molecule has 3 rings (SSSR count). The lowest BCUT2D eigenvalue weighted by atomic mass is 10.1. The molecular weight excluding hydrogens is 270 g/mol. The molecule has 2 aliphatic rings. The second-order valence-electron chi connectivity index (χ2n) is 5.87. The number of nitrogens with one attached hydrogen (secondary N) is 1. The van der Waals surface area contributed by atoms with Gasteiger partial charge in [-0.25, -0.2) is 0 Å². The maximum Gasteiger partial charge on any atom is 0.263 e. The molecule has 1 aromatic rings. The van der Waals surface area contributed by atoms with Crippen LogP contribution < -0.4 is 16.0 Å². The summed E-state index contributed by atoms with van der Waals surface area (Å²) in [5.41, 5.74) is 6.67. The summed E-state index contributed by atoms with van der Waals surface area (Å²) < 4.78 is 0. The number of carbonyl (C=O) groups excluding carboxylic acids is 1. The molecular formula is C15H23N3OS. The van der Waals surface area contributed by atoms with Gasteiger partial charge in [0.1, 0.15) is 4.88 Å². The number of anilines is 2. The quantitative estimate of drug-likeness (QED) is 0.900. The molecule has 20 heavy (non-hydrogen) atoms. The van der Waals surface area contributed by atoms with Crippen LogP contribution in [0.4, 0.5) is 10.7 Å². The van der Waals surface area contributed by atoms with Crippen LogP contribution in [0.5, 0.6) is 0 Å². The zero-order valence-electron chi connectivity index (χ0n) is 11.9. The van der Waals surface area contributed by atoms with E-state index in [1.165, 1.54) is 32.1 Å². The Morgan fingerprint density at radius 3 is 2.50 bits per heavy atom. The molecule has 0 atom stereocenters. The van der Waals surface area contributed by atoms with E-state index in [4.69, 9.17) is 5.73 Å². The van der Waals surface area contributed by atoms with Crippen molar-refractivity contribution in [1.82, 2.24) is 5.32 Å². The van der Waals surface area contributed by atoms with E-state index in [-0.39, 0.29) is 5.91 Å². The van der Waals surface area contributed by atoms with Gasteiger partial charge >= 0.3 is 0 Å². The van der Waals surface area contributed by atoms with Gasteiger partial charge in [0.15, 0.2) is 0 Å². The smallest absolute Gasteiger partial charge is 0.263 e. The second kappa shape index (κ2) is 6.04. The Kier molecular flexibility index (Phi) is 4.15. The summed E-state index contributed by atoms with van der Waals surface area (Å²) in [6.07, 6.45) is 8.67. The summed E-state index contributed by atoms with van der Waals surface area (Å²) in [5.74, 6) is 0.00768. The van der Waals surface area contributed by atoms with Crippen LogP contribution in [0.25, 0.3) is 0 Å². The van der Waals surface area contributed by atoms with Crippen LogP contribution in [0.3, 0.4) is 0 Å². The monoisotopic (exact) mass is 293 g/mol. The topological polar surface area (TPSA) is 58.4 Å². The minimum absolute atomic E-state index is 0.00768. The third-order valence-corrected chi connectivity index (χ3v) is 5.24. The lowest BCUT2D eigenvalue weighted by Crippen LogP contribution is -2.26. The predicted molar refractivity (Wildman–Crippen MR) is 84.5 cm³/mol. The van der Waals surface area contributed by atoms with Gasteiger partial charge in [0, 0.05) is 19.1 Å². The van der Waals surface area contributed by atoms with E-state index in [0.29, 0.717) is 16.6 Å². The van der Waals surface area contributed by atoms with E-state index in [0.717, 1.165) is 30.9 Å². The van der Waals surface area contributed by atoms with Crippen molar-refractivity contribution in [2.45, 2.75) is 51.0 Å². The van der Waals surface area contributed by atoms with Gasteiger partial charge in [-0.1, -0.05) is 19.3 Å². The number of rotatable bonds is 3. The summed E-state index contributed by atoms with van der Waals surface area (Å²) in [7, 11) is 0. The molecule has 1 saturated carbocycles. The molecule has 2 heterocycles. The van der Waals surface area contributed by atoms with Crippen LogP contribution in [0.1, 0.15) is 54.6 Å². The minimum atomic E-state index is 0.00768. The number of nitrogens with two attached hydrogens (primary N) is 1. The molecule has 5 heteroatoms. The first kappa shape index (κ1) is 13.7. The molecule has 0 unspecified atom stereocenters. The van der Waals surface area contributed by atoms with Crippen molar-refractivity contribution in [3.05, 3.63) is 10.9 Å². The van der Waals surface area contributed by atoms with Gasteiger partial charge in [0.2, 0.25) is 0 Å². The highest BCUT2D eigenvalue weighted by Gasteiger charge is 2.26. The largest absolute Gasteiger partial charge is 0.397 e. The van der Waals surface area contributed by atoms with Gasteiger partial charge in [0.25, 0.3) is 5.91 Å². The van der Waals surface area contributed by atoms with Gasteiger partial charge < -0.3 is 16.0 Å². The summed E-state index contributed by atoms with van der Waals surface area (Å²) in [4.78, 5) is 15.2. The van der Waals surface area contributed by atoms with Crippen LogP contribution in [-0.4, -0.2) is 25.0 Å². The molecule has 1 aliphatic carbocycles. The normalized spacial score (nSPS) is 20.3. The van der Waals surface area contributed by atoms with Crippen molar-refractivity contribution in [2.24, 2.45) is 0 Å².